The van der Waals surface area contributed by atoms with Gasteiger partial charge in [0, 0.05) is 5.92 Å². The number of nitrogens with zero attached hydrogens (tertiary/aromatic N) is 1. The number of ether oxygens (including phenoxy) is 2. The fourth-order valence-corrected chi connectivity index (χ4v) is 3.06. The monoisotopic (exact) mass is 295 g/mol. The van der Waals surface area contributed by atoms with Crippen molar-refractivity contribution >= 4 is 11.9 Å². The van der Waals surface area contributed by atoms with Crippen molar-refractivity contribution in [1.82, 2.24) is 4.90 Å². The first-order chi connectivity index (χ1) is 9.95. The predicted octanol–water partition coefficient (Wildman–Crippen LogP) is 0.821. The van der Waals surface area contributed by atoms with Gasteiger partial charge < -0.3 is 14.6 Å². The van der Waals surface area contributed by atoms with Crippen molar-refractivity contribution in [1.29, 1.82) is 0 Å². The van der Waals surface area contributed by atoms with Crippen molar-refractivity contribution in [3.05, 3.63) is 24.1 Å². The molecule has 0 bridgehead atoms. The highest BCUT2D eigenvalue weighted by Crippen LogP contribution is 2.47. The molecular formula is C15H21NO5. The van der Waals surface area contributed by atoms with E-state index in [2.05, 4.69) is 6.58 Å². The van der Waals surface area contributed by atoms with E-state index in [1.165, 1.54) is 11.0 Å². The average molecular weight is 295 g/mol. The Morgan fingerprint density at radius 3 is 2.76 bits per heavy atom. The minimum absolute atomic E-state index is 0.0721. The molecule has 1 unspecified atom stereocenters. The van der Waals surface area contributed by atoms with Crippen LogP contribution in [0.3, 0.4) is 0 Å². The van der Waals surface area contributed by atoms with Crippen LogP contribution in [0.5, 0.6) is 0 Å². The van der Waals surface area contributed by atoms with E-state index in [4.69, 9.17) is 9.47 Å². The molecule has 2 aliphatic heterocycles. The fourth-order valence-electron chi connectivity index (χ4n) is 3.06. The molecule has 0 saturated carbocycles. The lowest BCUT2D eigenvalue weighted by Gasteiger charge is -2.46. The van der Waals surface area contributed by atoms with Crippen molar-refractivity contribution in [2.75, 3.05) is 13.2 Å². The van der Waals surface area contributed by atoms with Gasteiger partial charge in [0.25, 0.3) is 0 Å². The molecule has 0 aromatic rings. The maximum Gasteiger partial charge on any atom is 0.358 e. The molecule has 116 valence electrons. The molecular weight excluding hydrogens is 274 g/mol. The minimum atomic E-state index is -0.757. The van der Waals surface area contributed by atoms with Crippen LogP contribution in [0.25, 0.3) is 0 Å². The van der Waals surface area contributed by atoms with Gasteiger partial charge >= 0.3 is 5.97 Å². The van der Waals surface area contributed by atoms with Gasteiger partial charge in [-0.2, -0.15) is 0 Å². The first-order valence-electron chi connectivity index (χ1n) is 7.11. The van der Waals surface area contributed by atoms with Crippen LogP contribution >= 0.6 is 0 Å². The number of rotatable bonds is 6. The van der Waals surface area contributed by atoms with Gasteiger partial charge in [-0.15, -0.1) is 0 Å². The van der Waals surface area contributed by atoms with Crippen molar-refractivity contribution in [2.24, 2.45) is 11.8 Å². The summed E-state index contributed by atoms with van der Waals surface area (Å²) in [6.07, 6.45) is 0.707. The summed E-state index contributed by atoms with van der Waals surface area (Å²) in [5, 5.41) is 9.75. The molecule has 1 fully saturated rings. The van der Waals surface area contributed by atoms with Crippen molar-refractivity contribution in [3.63, 3.8) is 0 Å². The van der Waals surface area contributed by atoms with E-state index in [1.54, 1.807) is 6.92 Å². The molecule has 6 nitrogen and oxygen atoms in total. The Balaban J connectivity index is 2.32. The van der Waals surface area contributed by atoms with E-state index < -0.39 is 18.0 Å². The Morgan fingerprint density at radius 1 is 1.57 bits per heavy atom. The number of aliphatic hydroxyl groups is 1. The Hall–Kier alpha value is -1.82. The normalized spacial score (nSPS) is 28.9. The molecule has 2 heterocycles. The summed E-state index contributed by atoms with van der Waals surface area (Å²) >= 11 is 0. The first kappa shape index (κ1) is 15.6. The van der Waals surface area contributed by atoms with E-state index in [1.807, 2.05) is 13.8 Å². The zero-order chi connectivity index (χ0) is 15.7. The summed E-state index contributed by atoms with van der Waals surface area (Å²) in [4.78, 5) is 25.8. The lowest BCUT2D eigenvalue weighted by molar-refractivity contribution is -0.164. The van der Waals surface area contributed by atoms with E-state index in [0.717, 1.165) is 0 Å². The second kappa shape index (κ2) is 5.89. The number of amides is 1. The van der Waals surface area contributed by atoms with E-state index in [9.17, 15) is 14.7 Å². The number of carbonyl (C=O) groups excluding carboxylic acids is 2. The van der Waals surface area contributed by atoms with Gasteiger partial charge in [0.2, 0.25) is 5.91 Å². The van der Waals surface area contributed by atoms with Gasteiger partial charge in [-0.25, -0.2) is 4.79 Å². The van der Waals surface area contributed by atoms with Gasteiger partial charge in [0.15, 0.2) is 5.70 Å². The molecule has 6 heteroatoms. The van der Waals surface area contributed by atoms with Gasteiger partial charge in [0.1, 0.15) is 12.4 Å². The zero-order valence-corrected chi connectivity index (χ0v) is 12.5. The smallest absolute Gasteiger partial charge is 0.358 e. The maximum absolute atomic E-state index is 12.2. The molecule has 2 aliphatic rings. The third-order valence-electron chi connectivity index (χ3n) is 3.93. The molecule has 2 rings (SSSR count). The standard InChI is InChI=1S/C15H21NO5/c1-5-7-21-15(19)12-13(20-6-2)8(3)11-10(9(4)17)14(18)16(11)12/h5,8-11,17H,1,6-7H2,2-4H3/t8?,9-,10-,11+/m1/s1. The molecule has 4 atom stereocenters. The number of β-lactam (4-membered cyclic amide) rings is 1. The summed E-state index contributed by atoms with van der Waals surface area (Å²) in [5.74, 6) is -1.03. The minimum Gasteiger partial charge on any atom is -0.495 e. The molecule has 1 saturated heterocycles. The van der Waals surface area contributed by atoms with Crippen LogP contribution < -0.4 is 0 Å². The van der Waals surface area contributed by atoms with Crippen LogP contribution in [-0.2, 0) is 19.1 Å². The highest BCUT2D eigenvalue weighted by Gasteiger charge is 2.61. The Kier molecular flexibility index (Phi) is 4.37. The number of carbonyl (C=O) groups is 2. The molecule has 0 spiro atoms. The maximum atomic E-state index is 12.2. The average Bonchev–Trinajstić information content (AvgIpc) is 2.66. The van der Waals surface area contributed by atoms with Crippen LogP contribution in [0.2, 0.25) is 0 Å². The highest BCUT2D eigenvalue weighted by molar-refractivity contribution is 6.00. The summed E-state index contributed by atoms with van der Waals surface area (Å²) in [7, 11) is 0. The second-order valence-corrected chi connectivity index (χ2v) is 5.29. The van der Waals surface area contributed by atoms with Crippen LogP contribution in [0.1, 0.15) is 20.8 Å². The molecule has 0 aromatic carbocycles. The first-order valence-corrected chi connectivity index (χ1v) is 7.11. The molecule has 21 heavy (non-hydrogen) atoms. The predicted molar refractivity (Wildman–Crippen MR) is 74.8 cm³/mol. The lowest BCUT2D eigenvalue weighted by Crippen LogP contribution is -2.63. The van der Waals surface area contributed by atoms with Gasteiger partial charge in [-0.05, 0) is 13.8 Å². The SMILES string of the molecule is C=CCOC(=O)C1=C(OCC)C(C)[C@H]2[C@@H]([C@@H](C)O)C(=O)N12. The number of fused-ring (bicyclic) bond motifs is 1. The third-order valence-corrected chi connectivity index (χ3v) is 3.93. The van der Waals surface area contributed by atoms with Gasteiger partial charge in [-0.1, -0.05) is 19.6 Å². The molecule has 1 N–H and O–H groups in total. The molecule has 0 aromatic heterocycles. The number of aliphatic hydroxyl groups excluding tert-OH is 1. The van der Waals surface area contributed by atoms with Crippen molar-refractivity contribution in [2.45, 2.75) is 32.9 Å². The van der Waals surface area contributed by atoms with Crippen LogP contribution in [0.4, 0.5) is 0 Å². The van der Waals surface area contributed by atoms with E-state index >= 15 is 0 Å². The lowest BCUT2D eigenvalue weighted by atomic mass is 9.79. The van der Waals surface area contributed by atoms with Gasteiger partial charge in [0.05, 0.1) is 24.7 Å². The number of esters is 1. The quantitative estimate of drug-likeness (QED) is 0.446. The molecule has 1 amide bonds. The summed E-state index contributed by atoms with van der Waals surface area (Å²) in [6, 6.07) is -0.245. The van der Waals surface area contributed by atoms with Crippen LogP contribution in [0, 0.1) is 11.8 Å². The Labute approximate surface area is 124 Å². The zero-order valence-electron chi connectivity index (χ0n) is 12.5. The molecule has 0 radical (unpaired) electrons. The molecule has 0 aliphatic carbocycles. The van der Waals surface area contributed by atoms with E-state index in [0.29, 0.717) is 12.4 Å². The topological polar surface area (TPSA) is 76.1 Å². The Bertz CT molecular complexity index is 496. The Morgan fingerprint density at radius 2 is 2.24 bits per heavy atom. The van der Waals surface area contributed by atoms with E-state index in [-0.39, 0.29) is 30.2 Å². The second-order valence-electron chi connectivity index (χ2n) is 5.29. The number of hydrogen-bond donors (Lipinski definition) is 1. The summed E-state index contributed by atoms with van der Waals surface area (Å²) in [5.41, 5.74) is 0.165. The van der Waals surface area contributed by atoms with Crippen LogP contribution in [-0.4, -0.2) is 47.2 Å². The van der Waals surface area contributed by atoms with Crippen LogP contribution in [0.15, 0.2) is 24.1 Å². The van der Waals surface area contributed by atoms with Gasteiger partial charge in [-0.3, -0.25) is 9.69 Å². The highest BCUT2D eigenvalue weighted by atomic mass is 16.5. The number of hydrogen-bond acceptors (Lipinski definition) is 5. The summed E-state index contributed by atoms with van der Waals surface area (Å²) < 4.78 is 10.6. The van der Waals surface area contributed by atoms with Crippen molar-refractivity contribution in [3.8, 4) is 0 Å². The fraction of sp³-hybridized carbons (Fsp3) is 0.600. The van der Waals surface area contributed by atoms with Crippen molar-refractivity contribution < 1.29 is 24.2 Å². The summed E-state index contributed by atoms with van der Waals surface area (Å²) in [6.45, 7) is 9.24. The largest absolute Gasteiger partial charge is 0.495 e. The third kappa shape index (κ3) is 2.33.